The number of fused-ring (bicyclic) bond motifs is 6. The van der Waals surface area contributed by atoms with Gasteiger partial charge in [0.25, 0.3) is 0 Å². The van der Waals surface area contributed by atoms with Crippen LogP contribution in [0.5, 0.6) is 0 Å². The minimum absolute atomic E-state index is 1.25. The van der Waals surface area contributed by atoms with E-state index < -0.39 is 0 Å². The smallest absolute Gasteiger partial charge is 0.00928 e. The van der Waals surface area contributed by atoms with Gasteiger partial charge in [-0.25, -0.2) is 0 Å². The van der Waals surface area contributed by atoms with Gasteiger partial charge < -0.3 is 0 Å². The first-order valence-corrected chi connectivity index (χ1v) is 10.4. The lowest BCUT2D eigenvalue weighted by Crippen LogP contribution is -1.87. The highest BCUT2D eigenvalue weighted by Gasteiger charge is 2.11. The molecular formula is C30H20. The van der Waals surface area contributed by atoms with Crippen LogP contribution in [0.3, 0.4) is 0 Å². The van der Waals surface area contributed by atoms with Crippen LogP contribution in [0.2, 0.25) is 0 Å². The first-order chi connectivity index (χ1) is 14.9. The molecule has 6 aromatic rings. The molecule has 6 rings (SSSR count). The topological polar surface area (TPSA) is 0 Å². The van der Waals surface area contributed by atoms with Gasteiger partial charge in [0.2, 0.25) is 0 Å². The van der Waals surface area contributed by atoms with Gasteiger partial charge in [-0.2, -0.15) is 0 Å². The van der Waals surface area contributed by atoms with E-state index in [1.807, 2.05) is 0 Å². The van der Waals surface area contributed by atoms with Gasteiger partial charge in [0, 0.05) is 0 Å². The van der Waals surface area contributed by atoms with Crippen molar-refractivity contribution in [3.63, 3.8) is 0 Å². The van der Waals surface area contributed by atoms with E-state index >= 15 is 0 Å². The molecule has 0 atom stereocenters. The second-order valence-corrected chi connectivity index (χ2v) is 7.76. The molecule has 0 aliphatic rings. The SMILES string of the molecule is c1ccc(-c2ccccc2-c2ccc3c4ccccc4c4ccccc4c3c2)cc1. The Balaban J connectivity index is 1.68. The van der Waals surface area contributed by atoms with Crippen LogP contribution in [0, 0.1) is 0 Å². The molecule has 6 aromatic carbocycles. The molecule has 0 saturated carbocycles. The summed E-state index contributed by atoms with van der Waals surface area (Å²) in [5.74, 6) is 0. The molecule has 0 aliphatic heterocycles. The van der Waals surface area contributed by atoms with E-state index in [2.05, 4.69) is 121 Å². The molecule has 0 fully saturated rings. The fourth-order valence-corrected chi connectivity index (χ4v) is 4.68. The van der Waals surface area contributed by atoms with Crippen molar-refractivity contribution in [2.24, 2.45) is 0 Å². The summed E-state index contributed by atoms with van der Waals surface area (Å²) in [7, 11) is 0. The lowest BCUT2D eigenvalue weighted by atomic mass is 9.90. The molecule has 140 valence electrons. The van der Waals surface area contributed by atoms with E-state index in [4.69, 9.17) is 0 Å². The van der Waals surface area contributed by atoms with Crippen LogP contribution in [0.15, 0.2) is 121 Å². The Morgan fingerprint density at radius 2 is 0.700 bits per heavy atom. The Hall–Kier alpha value is -3.90. The summed E-state index contributed by atoms with van der Waals surface area (Å²) in [5.41, 5.74) is 5.03. The molecule has 0 amide bonds. The summed E-state index contributed by atoms with van der Waals surface area (Å²) in [4.78, 5) is 0. The van der Waals surface area contributed by atoms with E-state index in [0.717, 1.165) is 0 Å². The lowest BCUT2D eigenvalue weighted by molar-refractivity contribution is 1.60. The van der Waals surface area contributed by atoms with Crippen molar-refractivity contribution >= 4 is 32.3 Å². The van der Waals surface area contributed by atoms with Crippen LogP contribution in [-0.4, -0.2) is 0 Å². The number of benzene rings is 6. The van der Waals surface area contributed by atoms with Crippen molar-refractivity contribution < 1.29 is 0 Å². The monoisotopic (exact) mass is 380 g/mol. The highest BCUT2D eigenvalue weighted by molar-refractivity contribution is 6.25. The van der Waals surface area contributed by atoms with Gasteiger partial charge in [0.1, 0.15) is 0 Å². The molecule has 0 saturated heterocycles. The van der Waals surface area contributed by atoms with Crippen LogP contribution in [0.1, 0.15) is 0 Å². The van der Waals surface area contributed by atoms with Gasteiger partial charge in [-0.1, -0.05) is 115 Å². The maximum Gasteiger partial charge on any atom is -0.00928 e. The fraction of sp³-hybridized carbons (Fsp3) is 0. The molecular weight excluding hydrogens is 360 g/mol. The predicted octanol–water partition coefficient (Wildman–Crippen LogP) is 8.48. The van der Waals surface area contributed by atoms with Gasteiger partial charge in [-0.05, 0) is 60.6 Å². The first kappa shape index (κ1) is 17.0. The third-order valence-corrected chi connectivity index (χ3v) is 6.07. The summed E-state index contributed by atoms with van der Waals surface area (Å²) < 4.78 is 0. The molecule has 30 heavy (non-hydrogen) atoms. The van der Waals surface area contributed by atoms with Gasteiger partial charge in [0.15, 0.2) is 0 Å². The third-order valence-electron chi connectivity index (χ3n) is 6.07. The summed E-state index contributed by atoms with van der Waals surface area (Å²) in [6.07, 6.45) is 0. The van der Waals surface area contributed by atoms with Gasteiger partial charge in [-0.3, -0.25) is 0 Å². The molecule has 0 bridgehead atoms. The van der Waals surface area contributed by atoms with E-state index in [1.165, 1.54) is 54.6 Å². The van der Waals surface area contributed by atoms with Crippen LogP contribution < -0.4 is 0 Å². The molecule has 0 aliphatic carbocycles. The third kappa shape index (κ3) is 2.62. The van der Waals surface area contributed by atoms with Gasteiger partial charge >= 0.3 is 0 Å². The second kappa shape index (κ2) is 6.86. The average molecular weight is 380 g/mol. The zero-order valence-electron chi connectivity index (χ0n) is 16.5. The van der Waals surface area contributed by atoms with E-state index in [9.17, 15) is 0 Å². The highest BCUT2D eigenvalue weighted by atomic mass is 14.1. The maximum atomic E-state index is 2.37. The number of hydrogen-bond donors (Lipinski definition) is 0. The number of rotatable bonds is 2. The molecule has 0 nitrogen and oxygen atoms in total. The van der Waals surface area contributed by atoms with Crippen molar-refractivity contribution in [3.05, 3.63) is 121 Å². The zero-order valence-corrected chi connectivity index (χ0v) is 16.5. The quantitative estimate of drug-likeness (QED) is 0.264. The van der Waals surface area contributed by atoms with Crippen LogP contribution in [-0.2, 0) is 0 Å². The standard InChI is InChI=1S/C30H20/c1-2-10-21(11-3-1)23-12-4-5-13-24(23)22-18-19-29-27-16-7-6-14-25(27)26-15-8-9-17-28(26)30(29)20-22/h1-20H. The van der Waals surface area contributed by atoms with Gasteiger partial charge in [0.05, 0.1) is 0 Å². The van der Waals surface area contributed by atoms with E-state index in [1.54, 1.807) is 0 Å². The molecule has 0 N–H and O–H groups in total. The lowest BCUT2D eigenvalue weighted by Gasteiger charge is -2.14. The molecule has 0 unspecified atom stereocenters. The Labute approximate surface area is 176 Å². The predicted molar refractivity (Wildman–Crippen MR) is 130 cm³/mol. The van der Waals surface area contributed by atoms with Crippen molar-refractivity contribution in [3.8, 4) is 22.3 Å². The molecule has 0 radical (unpaired) electrons. The first-order valence-electron chi connectivity index (χ1n) is 10.4. The normalized spacial score (nSPS) is 11.3. The molecule has 0 spiro atoms. The largest absolute Gasteiger partial charge is 0.0622 e. The van der Waals surface area contributed by atoms with Crippen molar-refractivity contribution in [2.75, 3.05) is 0 Å². The Morgan fingerprint density at radius 1 is 0.267 bits per heavy atom. The number of hydrogen-bond acceptors (Lipinski definition) is 0. The van der Waals surface area contributed by atoms with Gasteiger partial charge in [-0.15, -0.1) is 0 Å². The Bertz CT molecular complexity index is 1490. The zero-order chi connectivity index (χ0) is 19.9. The summed E-state index contributed by atoms with van der Waals surface area (Å²) >= 11 is 0. The van der Waals surface area contributed by atoms with Crippen LogP contribution in [0.25, 0.3) is 54.6 Å². The van der Waals surface area contributed by atoms with Crippen molar-refractivity contribution in [1.29, 1.82) is 0 Å². The summed E-state index contributed by atoms with van der Waals surface area (Å²) in [6.45, 7) is 0. The highest BCUT2D eigenvalue weighted by Crippen LogP contribution is 2.39. The van der Waals surface area contributed by atoms with E-state index in [0.29, 0.717) is 0 Å². The summed E-state index contributed by atoms with van der Waals surface area (Å²) in [5, 5.41) is 7.88. The molecule has 0 heterocycles. The fourth-order valence-electron chi connectivity index (χ4n) is 4.68. The van der Waals surface area contributed by atoms with Crippen LogP contribution in [0.4, 0.5) is 0 Å². The van der Waals surface area contributed by atoms with Crippen molar-refractivity contribution in [1.82, 2.24) is 0 Å². The van der Waals surface area contributed by atoms with Crippen molar-refractivity contribution in [2.45, 2.75) is 0 Å². The summed E-state index contributed by atoms with van der Waals surface area (Å²) in [6, 6.07) is 43.8. The second-order valence-electron chi connectivity index (χ2n) is 7.76. The van der Waals surface area contributed by atoms with Crippen LogP contribution >= 0.6 is 0 Å². The maximum absolute atomic E-state index is 2.37. The minimum atomic E-state index is 1.25. The Morgan fingerprint density at radius 3 is 1.30 bits per heavy atom. The molecule has 0 heteroatoms. The Kier molecular flexibility index (Phi) is 3.89. The average Bonchev–Trinajstić information content (AvgIpc) is 2.84. The minimum Gasteiger partial charge on any atom is -0.0622 e. The van der Waals surface area contributed by atoms with E-state index in [-0.39, 0.29) is 0 Å². The molecule has 0 aromatic heterocycles.